The zero-order chi connectivity index (χ0) is 13.2. The molecule has 0 amide bonds. The molecular formula is C14H21BrN2O. The van der Waals surface area contributed by atoms with Crippen LogP contribution in [0, 0.1) is 5.41 Å². The van der Waals surface area contributed by atoms with Crippen LogP contribution in [0.2, 0.25) is 0 Å². The number of hydrogen-bond donors (Lipinski definition) is 1. The van der Waals surface area contributed by atoms with Gasteiger partial charge in [-0.25, -0.2) is 4.98 Å². The lowest BCUT2D eigenvalue weighted by molar-refractivity contribution is 0.281. The van der Waals surface area contributed by atoms with Crippen LogP contribution in [0.15, 0.2) is 16.7 Å². The number of nitrogens with zero attached hydrogens (tertiary/aromatic N) is 2. The van der Waals surface area contributed by atoms with Gasteiger partial charge in [-0.1, -0.05) is 13.8 Å². The van der Waals surface area contributed by atoms with Gasteiger partial charge in [-0.15, -0.1) is 0 Å². The average Bonchev–Trinajstić information content (AvgIpc) is 2.50. The van der Waals surface area contributed by atoms with Crippen molar-refractivity contribution in [1.29, 1.82) is 0 Å². The first-order valence-electron chi connectivity index (χ1n) is 6.52. The molecule has 1 N–H and O–H groups in total. The minimum atomic E-state index is 0.0433. The smallest absolute Gasteiger partial charge is 0.134 e. The highest BCUT2D eigenvalue weighted by molar-refractivity contribution is 9.10. The number of aliphatic hydroxyl groups is 1. The van der Waals surface area contributed by atoms with Crippen LogP contribution in [-0.2, 0) is 6.61 Å². The Morgan fingerprint density at radius 1 is 1.39 bits per heavy atom. The summed E-state index contributed by atoms with van der Waals surface area (Å²) in [7, 11) is 0. The van der Waals surface area contributed by atoms with E-state index in [0.29, 0.717) is 5.41 Å². The summed E-state index contributed by atoms with van der Waals surface area (Å²) in [6.45, 7) is 6.76. The second-order valence-corrected chi connectivity index (χ2v) is 6.71. The Labute approximate surface area is 117 Å². The maximum atomic E-state index is 9.46. The molecule has 1 aliphatic heterocycles. The summed E-state index contributed by atoms with van der Waals surface area (Å²) < 4.78 is 0.922. The monoisotopic (exact) mass is 312 g/mol. The van der Waals surface area contributed by atoms with Gasteiger partial charge in [-0.3, -0.25) is 0 Å². The van der Waals surface area contributed by atoms with E-state index in [9.17, 15) is 5.11 Å². The highest BCUT2D eigenvalue weighted by Gasteiger charge is 2.24. The van der Waals surface area contributed by atoms with Crippen LogP contribution in [-0.4, -0.2) is 23.2 Å². The molecule has 18 heavy (non-hydrogen) atoms. The van der Waals surface area contributed by atoms with E-state index in [1.807, 2.05) is 12.3 Å². The van der Waals surface area contributed by atoms with E-state index in [2.05, 4.69) is 39.7 Å². The van der Waals surface area contributed by atoms with Gasteiger partial charge in [0.25, 0.3) is 0 Å². The minimum Gasteiger partial charge on any atom is -0.392 e. The van der Waals surface area contributed by atoms with Gasteiger partial charge in [0.15, 0.2) is 0 Å². The highest BCUT2D eigenvalue weighted by atomic mass is 79.9. The lowest BCUT2D eigenvalue weighted by Crippen LogP contribution is -2.27. The van der Waals surface area contributed by atoms with E-state index in [1.54, 1.807) is 0 Å². The summed E-state index contributed by atoms with van der Waals surface area (Å²) in [5.74, 6) is 0.943. The molecule has 3 nitrogen and oxygen atoms in total. The number of halogens is 1. The predicted octanol–water partition coefficient (Wildman–Crippen LogP) is 3.35. The fourth-order valence-corrected chi connectivity index (χ4v) is 2.89. The highest BCUT2D eigenvalue weighted by Crippen LogP contribution is 2.32. The molecule has 2 heterocycles. The van der Waals surface area contributed by atoms with Crippen molar-refractivity contribution in [2.75, 3.05) is 18.0 Å². The van der Waals surface area contributed by atoms with Gasteiger partial charge in [0.05, 0.1) is 6.61 Å². The Balaban J connectivity index is 2.21. The summed E-state index contributed by atoms with van der Waals surface area (Å²) >= 11 is 3.40. The van der Waals surface area contributed by atoms with Crippen LogP contribution >= 0.6 is 15.9 Å². The van der Waals surface area contributed by atoms with Crippen molar-refractivity contribution in [3.63, 3.8) is 0 Å². The molecule has 0 aromatic carbocycles. The largest absolute Gasteiger partial charge is 0.392 e. The molecule has 0 saturated carbocycles. The van der Waals surface area contributed by atoms with Crippen LogP contribution in [0.25, 0.3) is 0 Å². The van der Waals surface area contributed by atoms with Crippen molar-refractivity contribution in [2.45, 2.75) is 39.7 Å². The Kier molecular flexibility index (Phi) is 4.28. The van der Waals surface area contributed by atoms with Crippen LogP contribution in [0.5, 0.6) is 0 Å². The third kappa shape index (κ3) is 3.23. The number of rotatable bonds is 2. The van der Waals surface area contributed by atoms with Gasteiger partial charge in [0.1, 0.15) is 5.82 Å². The quantitative estimate of drug-likeness (QED) is 0.909. The van der Waals surface area contributed by atoms with Crippen molar-refractivity contribution in [3.8, 4) is 0 Å². The molecule has 0 spiro atoms. The number of pyridine rings is 1. The van der Waals surface area contributed by atoms with Crippen molar-refractivity contribution in [2.24, 2.45) is 5.41 Å². The normalized spacial score (nSPS) is 19.7. The average molecular weight is 313 g/mol. The lowest BCUT2D eigenvalue weighted by Gasteiger charge is -2.25. The fourth-order valence-electron chi connectivity index (χ4n) is 2.51. The number of aromatic nitrogens is 1. The Morgan fingerprint density at radius 2 is 2.17 bits per heavy atom. The maximum absolute atomic E-state index is 9.46. The minimum absolute atomic E-state index is 0.0433. The molecule has 1 fully saturated rings. The molecule has 1 aromatic heterocycles. The van der Waals surface area contributed by atoms with Crippen molar-refractivity contribution < 1.29 is 5.11 Å². The first-order chi connectivity index (χ1) is 8.52. The lowest BCUT2D eigenvalue weighted by atomic mass is 9.85. The van der Waals surface area contributed by atoms with Crippen LogP contribution in [0.1, 0.15) is 38.7 Å². The van der Waals surface area contributed by atoms with E-state index in [4.69, 9.17) is 0 Å². The predicted molar refractivity (Wildman–Crippen MR) is 77.7 cm³/mol. The van der Waals surface area contributed by atoms with Gasteiger partial charge < -0.3 is 10.0 Å². The molecule has 1 aliphatic rings. The summed E-state index contributed by atoms with van der Waals surface area (Å²) in [5, 5.41) is 9.46. The summed E-state index contributed by atoms with van der Waals surface area (Å²) in [4.78, 5) is 6.79. The van der Waals surface area contributed by atoms with Crippen LogP contribution < -0.4 is 4.90 Å². The van der Waals surface area contributed by atoms with E-state index >= 15 is 0 Å². The number of hydrogen-bond acceptors (Lipinski definition) is 3. The van der Waals surface area contributed by atoms with E-state index in [0.717, 1.165) is 28.9 Å². The number of anilines is 1. The SMILES string of the molecule is CC1(C)CCCN(c2ncc(Br)cc2CO)CC1. The van der Waals surface area contributed by atoms with E-state index in [-0.39, 0.29) is 6.61 Å². The van der Waals surface area contributed by atoms with Gasteiger partial charge in [-0.2, -0.15) is 0 Å². The Morgan fingerprint density at radius 3 is 2.89 bits per heavy atom. The number of aliphatic hydroxyl groups excluding tert-OH is 1. The Hall–Kier alpha value is -0.610. The molecule has 100 valence electrons. The van der Waals surface area contributed by atoms with E-state index in [1.165, 1.54) is 19.3 Å². The van der Waals surface area contributed by atoms with Crippen LogP contribution in [0.4, 0.5) is 5.82 Å². The second-order valence-electron chi connectivity index (χ2n) is 5.80. The molecule has 0 unspecified atom stereocenters. The summed E-state index contributed by atoms with van der Waals surface area (Å²) in [6, 6.07) is 1.96. The first kappa shape index (κ1) is 13.8. The summed E-state index contributed by atoms with van der Waals surface area (Å²) in [6.07, 6.45) is 5.43. The zero-order valence-electron chi connectivity index (χ0n) is 11.1. The van der Waals surface area contributed by atoms with Crippen molar-refractivity contribution in [3.05, 3.63) is 22.3 Å². The molecule has 0 aliphatic carbocycles. The third-order valence-corrected chi connectivity index (χ3v) is 4.15. The maximum Gasteiger partial charge on any atom is 0.134 e. The third-order valence-electron chi connectivity index (χ3n) is 3.72. The Bertz CT molecular complexity index is 420. The molecule has 0 bridgehead atoms. The first-order valence-corrected chi connectivity index (χ1v) is 7.31. The van der Waals surface area contributed by atoms with Gasteiger partial charge in [0.2, 0.25) is 0 Å². The van der Waals surface area contributed by atoms with Crippen molar-refractivity contribution in [1.82, 2.24) is 4.98 Å². The molecule has 0 radical (unpaired) electrons. The second kappa shape index (κ2) is 5.57. The molecule has 4 heteroatoms. The van der Waals surface area contributed by atoms with Crippen LogP contribution in [0.3, 0.4) is 0 Å². The van der Waals surface area contributed by atoms with Gasteiger partial charge in [-0.05, 0) is 46.7 Å². The standard InChI is InChI=1S/C14H21BrN2O/c1-14(2)4-3-6-17(7-5-14)13-11(10-18)8-12(15)9-16-13/h8-9,18H,3-7,10H2,1-2H3. The van der Waals surface area contributed by atoms with Gasteiger partial charge in [0, 0.05) is 29.3 Å². The van der Waals surface area contributed by atoms with Gasteiger partial charge >= 0.3 is 0 Å². The zero-order valence-corrected chi connectivity index (χ0v) is 12.7. The topological polar surface area (TPSA) is 36.4 Å². The van der Waals surface area contributed by atoms with E-state index < -0.39 is 0 Å². The fraction of sp³-hybridized carbons (Fsp3) is 0.643. The molecule has 1 saturated heterocycles. The molecule has 2 rings (SSSR count). The molecule has 0 atom stereocenters. The molecule has 1 aromatic rings. The van der Waals surface area contributed by atoms with Crippen molar-refractivity contribution >= 4 is 21.7 Å². The summed E-state index contributed by atoms with van der Waals surface area (Å²) in [5.41, 5.74) is 1.33. The molecular weight excluding hydrogens is 292 g/mol.